The maximum Gasteiger partial charge on any atom is 0.275 e. The largest absolute Gasteiger partial charge is 0.481 e. The number of likely N-dealkylation sites (tertiary alicyclic amines) is 1. The van der Waals surface area contributed by atoms with Gasteiger partial charge in [0.25, 0.3) is 11.8 Å². The van der Waals surface area contributed by atoms with Gasteiger partial charge in [-0.05, 0) is 70.9 Å². The predicted octanol–water partition coefficient (Wildman–Crippen LogP) is 4.92. The lowest BCUT2D eigenvalue weighted by atomic mass is 9.89. The Balaban J connectivity index is 1.29. The molecule has 7 nitrogen and oxygen atoms in total. The van der Waals surface area contributed by atoms with E-state index < -0.39 is 5.82 Å². The van der Waals surface area contributed by atoms with Gasteiger partial charge in [0.15, 0.2) is 18.2 Å². The molecule has 0 spiro atoms. The van der Waals surface area contributed by atoms with Gasteiger partial charge in [0.05, 0.1) is 10.2 Å². The van der Waals surface area contributed by atoms with E-state index in [0.717, 1.165) is 29.4 Å². The Labute approximate surface area is 212 Å². The van der Waals surface area contributed by atoms with Crippen LogP contribution in [0.15, 0.2) is 53.0 Å². The van der Waals surface area contributed by atoms with Crippen molar-refractivity contribution in [3.8, 4) is 5.75 Å². The number of halogens is 2. The first-order valence-electron chi connectivity index (χ1n) is 11.6. The standard InChI is InChI=1S/C26H28BrFN4O3/c1-3-21-24(27)25(31(2)30-21)26(34)29-19-10-8-17(9-11-19)18-12-14-32(15-13-18)23(33)16-35-22-7-5-4-6-20(22)28/h4-11,18H,3,12-16H2,1-2H3,(H,29,34). The number of nitrogens with one attached hydrogen (secondary N) is 1. The Kier molecular flexibility index (Phi) is 7.85. The number of hydrogen-bond donors (Lipinski definition) is 1. The zero-order valence-corrected chi connectivity index (χ0v) is 21.3. The van der Waals surface area contributed by atoms with E-state index in [1.807, 2.05) is 31.2 Å². The van der Waals surface area contributed by atoms with Crippen molar-refractivity contribution >= 4 is 33.4 Å². The topological polar surface area (TPSA) is 76.5 Å². The van der Waals surface area contributed by atoms with Crippen LogP contribution in [0.3, 0.4) is 0 Å². The normalized spacial score (nSPS) is 14.1. The van der Waals surface area contributed by atoms with Crippen molar-refractivity contribution in [3.63, 3.8) is 0 Å². The van der Waals surface area contributed by atoms with Gasteiger partial charge in [-0.1, -0.05) is 31.2 Å². The molecule has 2 aromatic carbocycles. The fourth-order valence-electron chi connectivity index (χ4n) is 4.31. The van der Waals surface area contributed by atoms with Gasteiger partial charge >= 0.3 is 0 Å². The van der Waals surface area contributed by atoms with Gasteiger partial charge in [-0.15, -0.1) is 0 Å². The first kappa shape index (κ1) is 24.9. The second-order valence-corrected chi connectivity index (χ2v) is 9.33. The first-order chi connectivity index (χ1) is 16.9. The fourth-order valence-corrected chi connectivity index (χ4v) is 5.11. The average Bonchev–Trinajstić information content (AvgIpc) is 3.16. The number of carbonyl (C=O) groups is 2. The lowest BCUT2D eigenvalue weighted by Gasteiger charge is -2.32. The van der Waals surface area contributed by atoms with Gasteiger partial charge < -0.3 is 15.0 Å². The Morgan fingerprint density at radius 1 is 1.14 bits per heavy atom. The Morgan fingerprint density at radius 2 is 1.83 bits per heavy atom. The molecule has 184 valence electrons. The summed E-state index contributed by atoms with van der Waals surface area (Å²) in [5.41, 5.74) is 3.22. The van der Waals surface area contributed by atoms with Crippen LogP contribution in [0, 0.1) is 5.82 Å². The molecule has 2 amide bonds. The molecule has 1 aromatic heterocycles. The molecule has 1 fully saturated rings. The van der Waals surface area contributed by atoms with Gasteiger partial charge in [-0.25, -0.2) is 4.39 Å². The van der Waals surface area contributed by atoms with E-state index in [4.69, 9.17) is 4.74 Å². The number of aryl methyl sites for hydroxylation is 2. The zero-order chi connectivity index (χ0) is 24.9. The van der Waals surface area contributed by atoms with Crippen molar-refractivity contribution in [1.82, 2.24) is 14.7 Å². The van der Waals surface area contributed by atoms with Crippen LogP contribution in [-0.2, 0) is 18.3 Å². The second-order valence-electron chi connectivity index (χ2n) is 8.54. The molecular weight excluding hydrogens is 515 g/mol. The minimum absolute atomic E-state index is 0.0875. The Morgan fingerprint density at radius 3 is 2.46 bits per heavy atom. The Hall–Kier alpha value is -3.20. The molecule has 0 unspecified atom stereocenters. The predicted molar refractivity (Wildman–Crippen MR) is 135 cm³/mol. The second kappa shape index (κ2) is 11.0. The van der Waals surface area contributed by atoms with Gasteiger partial charge in [-0.3, -0.25) is 14.3 Å². The summed E-state index contributed by atoms with van der Waals surface area (Å²) in [5, 5.41) is 7.31. The molecule has 0 radical (unpaired) electrons. The molecular formula is C26H28BrFN4O3. The smallest absolute Gasteiger partial charge is 0.275 e. The number of aromatic nitrogens is 2. The van der Waals surface area contributed by atoms with E-state index in [9.17, 15) is 14.0 Å². The number of amides is 2. The third-order valence-corrected chi connectivity index (χ3v) is 7.11. The van der Waals surface area contributed by atoms with Crippen LogP contribution in [0.2, 0.25) is 0 Å². The summed E-state index contributed by atoms with van der Waals surface area (Å²) < 4.78 is 21.3. The molecule has 1 saturated heterocycles. The molecule has 3 aromatic rings. The summed E-state index contributed by atoms with van der Waals surface area (Å²) in [6.07, 6.45) is 2.40. The molecule has 1 aliphatic heterocycles. The van der Waals surface area contributed by atoms with Crippen LogP contribution in [-0.4, -0.2) is 46.2 Å². The monoisotopic (exact) mass is 542 g/mol. The van der Waals surface area contributed by atoms with Gasteiger partial charge in [0, 0.05) is 25.8 Å². The first-order valence-corrected chi connectivity index (χ1v) is 12.4. The van der Waals surface area contributed by atoms with Crippen molar-refractivity contribution < 1.29 is 18.7 Å². The van der Waals surface area contributed by atoms with Crippen LogP contribution in [0.4, 0.5) is 10.1 Å². The minimum Gasteiger partial charge on any atom is -0.481 e. The number of nitrogens with zero attached hydrogens (tertiary/aromatic N) is 3. The van der Waals surface area contributed by atoms with E-state index in [-0.39, 0.29) is 24.2 Å². The molecule has 0 aliphatic carbocycles. The number of carbonyl (C=O) groups excluding carboxylic acids is 2. The third kappa shape index (κ3) is 5.73. The van der Waals surface area contributed by atoms with Crippen molar-refractivity contribution in [2.75, 3.05) is 25.0 Å². The summed E-state index contributed by atoms with van der Waals surface area (Å²) in [6, 6.07) is 13.9. The van der Waals surface area contributed by atoms with Crippen LogP contribution in [0.25, 0.3) is 0 Å². The fraction of sp³-hybridized carbons (Fsp3) is 0.346. The highest BCUT2D eigenvalue weighted by atomic mass is 79.9. The van der Waals surface area contributed by atoms with Gasteiger partial charge in [0.2, 0.25) is 0 Å². The van der Waals surface area contributed by atoms with E-state index in [0.29, 0.717) is 30.4 Å². The highest BCUT2D eigenvalue weighted by Gasteiger charge is 2.25. The molecule has 2 heterocycles. The van der Waals surface area contributed by atoms with E-state index >= 15 is 0 Å². The van der Waals surface area contributed by atoms with Crippen LogP contribution >= 0.6 is 15.9 Å². The number of rotatable bonds is 7. The summed E-state index contributed by atoms with van der Waals surface area (Å²) in [7, 11) is 1.76. The molecule has 35 heavy (non-hydrogen) atoms. The summed E-state index contributed by atoms with van der Waals surface area (Å²) >= 11 is 3.48. The molecule has 4 rings (SSSR count). The Bertz CT molecular complexity index is 1200. The van der Waals surface area contributed by atoms with E-state index in [1.54, 1.807) is 28.8 Å². The van der Waals surface area contributed by atoms with Crippen LogP contribution in [0.5, 0.6) is 5.75 Å². The lowest BCUT2D eigenvalue weighted by Crippen LogP contribution is -2.40. The summed E-state index contributed by atoms with van der Waals surface area (Å²) in [5.74, 6) is -0.419. The average molecular weight is 543 g/mol. The number of ether oxygens (including phenoxy) is 1. The zero-order valence-electron chi connectivity index (χ0n) is 19.8. The number of piperidine rings is 1. The SMILES string of the molecule is CCc1nn(C)c(C(=O)Nc2ccc(C3CCN(C(=O)COc4ccccc4F)CC3)cc2)c1Br. The van der Waals surface area contributed by atoms with Crippen molar-refractivity contribution in [1.29, 1.82) is 0 Å². The highest BCUT2D eigenvalue weighted by Crippen LogP contribution is 2.29. The number of para-hydroxylation sites is 1. The number of anilines is 1. The van der Waals surface area contributed by atoms with Gasteiger partial charge in [-0.2, -0.15) is 5.10 Å². The number of benzene rings is 2. The van der Waals surface area contributed by atoms with Crippen molar-refractivity contribution in [2.24, 2.45) is 7.05 Å². The molecule has 1 aliphatic rings. The lowest BCUT2D eigenvalue weighted by molar-refractivity contribution is -0.134. The van der Waals surface area contributed by atoms with Crippen molar-refractivity contribution in [3.05, 3.63) is 75.8 Å². The maximum atomic E-state index is 13.7. The van der Waals surface area contributed by atoms with Gasteiger partial charge in [0.1, 0.15) is 5.69 Å². The van der Waals surface area contributed by atoms with Crippen LogP contribution < -0.4 is 10.1 Å². The summed E-state index contributed by atoms with van der Waals surface area (Å²) in [6.45, 7) is 3.06. The molecule has 1 N–H and O–H groups in total. The highest BCUT2D eigenvalue weighted by molar-refractivity contribution is 9.10. The van der Waals surface area contributed by atoms with Crippen LogP contribution in [0.1, 0.15) is 47.4 Å². The van der Waals surface area contributed by atoms with E-state index in [1.165, 1.54) is 17.7 Å². The van der Waals surface area contributed by atoms with E-state index in [2.05, 4.69) is 26.3 Å². The molecule has 0 saturated carbocycles. The summed E-state index contributed by atoms with van der Waals surface area (Å²) in [4.78, 5) is 27.0. The molecule has 0 bridgehead atoms. The molecule has 9 heteroatoms. The third-order valence-electron chi connectivity index (χ3n) is 6.28. The quantitative estimate of drug-likeness (QED) is 0.459. The number of hydrogen-bond acceptors (Lipinski definition) is 4. The van der Waals surface area contributed by atoms with Crippen molar-refractivity contribution in [2.45, 2.75) is 32.1 Å². The molecule has 0 atom stereocenters. The minimum atomic E-state index is -0.475. The maximum absolute atomic E-state index is 13.7.